The van der Waals surface area contributed by atoms with E-state index in [1.807, 2.05) is 20.8 Å². The predicted octanol–water partition coefficient (Wildman–Crippen LogP) is 2.70. The molecule has 0 unspecified atom stereocenters. The smallest absolute Gasteiger partial charge is 0.226 e. The number of halogens is 1. The van der Waals surface area contributed by atoms with Gasteiger partial charge in [-0.15, -0.1) is 0 Å². The van der Waals surface area contributed by atoms with Crippen LogP contribution in [0.25, 0.3) is 0 Å². The fourth-order valence-electron chi connectivity index (χ4n) is 1.79. The maximum atomic E-state index is 11.6. The molecule has 1 aromatic rings. The first-order valence-electron chi connectivity index (χ1n) is 5.68. The molecule has 5 heteroatoms. The van der Waals surface area contributed by atoms with E-state index in [1.165, 1.54) is 0 Å². The molecule has 4 nitrogen and oxygen atoms in total. The third-order valence-corrected chi connectivity index (χ3v) is 4.16. The molecule has 0 fully saturated rings. The van der Waals surface area contributed by atoms with Gasteiger partial charge in [-0.3, -0.25) is 4.79 Å². The van der Waals surface area contributed by atoms with Crippen molar-refractivity contribution in [3.63, 3.8) is 0 Å². The molecule has 0 aliphatic carbocycles. The lowest BCUT2D eigenvalue weighted by Crippen LogP contribution is -2.15. The second kappa shape index (κ2) is 6.20. The molecule has 0 heterocycles. The largest absolute Gasteiger partial charge is 0.494 e. The number of benzene rings is 1. The SMILES string of the molecule is COc1c(C)c(C)c(Br)c(C)c1NC(=O)CCO. The average molecular weight is 316 g/mol. The van der Waals surface area contributed by atoms with Crippen molar-refractivity contribution in [3.8, 4) is 5.75 Å². The molecule has 0 aromatic heterocycles. The molecule has 0 atom stereocenters. The first-order chi connectivity index (χ1) is 8.43. The molecule has 0 saturated carbocycles. The summed E-state index contributed by atoms with van der Waals surface area (Å²) in [5.74, 6) is 0.438. The van der Waals surface area contributed by atoms with E-state index in [0.717, 1.165) is 21.2 Å². The molecule has 1 aromatic carbocycles. The molecule has 0 radical (unpaired) electrons. The molecule has 18 heavy (non-hydrogen) atoms. The Balaban J connectivity index is 3.29. The summed E-state index contributed by atoms with van der Waals surface area (Å²) in [4.78, 5) is 11.6. The number of carbonyl (C=O) groups excluding carboxylic acids is 1. The molecule has 0 saturated heterocycles. The lowest BCUT2D eigenvalue weighted by atomic mass is 10.0. The first-order valence-corrected chi connectivity index (χ1v) is 6.47. The normalized spacial score (nSPS) is 10.3. The molecule has 2 N–H and O–H groups in total. The van der Waals surface area contributed by atoms with Crippen molar-refractivity contribution in [3.05, 3.63) is 21.2 Å². The monoisotopic (exact) mass is 315 g/mol. The quantitative estimate of drug-likeness (QED) is 0.898. The van der Waals surface area contributed by atoms with Gasteiger partial charge in [0.05, 0.1) is 25.8 Å². The Bertz CT molecular complexity index is 472. The van der Waals surface area contributed by atoms with Crippen LogP contribution >= 0.6 is 15.9 Å². The van der Waals surface area contributed by atoms with E-state index in [1.54, 1.807) is 7.11 Å². The predicted molar refractivity (Wildman–Crippen MR) is 75.2 cm³/mol. The summed E-state index contributed by atoms with van der Waals surface area (Å²) in [6.07, 6.45) is 0.0765. The van der Waals surface area contributed by atoms with E-state index in [2.05, 4.69) is 21.2 Å². The molecule has 1 amide bonds. The van der Waals surface area contributed by atoms with Crippen molar-refractivity contribution in [2.75, 3.05) is 19.0 Å². The lowest BCUT2D eigenvalue weighted by molar-refractivity contribution is -0.116. The summed E-state index contributed by atoms with van der Waals surface area (Å²) in [6.45, 7) is 5.68. The van der Waals surface area contributed by atoms with Crippen LogP contribution in [-0.4, -0.2) is 24.7 Å². The Labute approximate surface area is 115 Å². The van der Waals surface area contributed by atoms with Gasteiger partial charge in [-0.1, -0.05) is 15.9 Å². The van der Waals surface area contributed by atoms with Crippen molar-refractivity contribution >= 4 is 27.5 Å². The summed E-state index contributed by atoms with van der Waals surface area (Å²) >= 11 is 3.52. The van der Waals surface area contributed by atoms with Gasteiger partial charge >= 0.3 is 0 Å². The molecule has 0 aliphatic rings. The van der Waals surface area contributed by atoms with Gasteiger partial charge in [-0.05, 0) is 37.5 Å². The molecule has 1 rings (SSSR count). The highest BCUT2D eigenvalue weighted by Crippen LogP contribution is 2.39. The van der Waals surface area contributed by atoms with Crippen LogP contribution in [0.4, 0.5) is 5.69 Å². The number of aliphatic hydroxyl groups is 1. The summed E-state index contributed by atoms with van der Waals surface area (Å²) in [5.41, 5.74) is 3.64. The molecule has 0 bridgehead atoms. The van der Waals surface area contributed by atoms with Crippen LogP contribution in [0.1, 0.15) is 23.1 Å². The lowest BCUT2D eigenvalue weighted by Gasteiger charge is -2.19. The van der Waals surface area contributed by atoms with E-state index >= 15 is 0 Å². The third-order valence-electron chi connectivity index (χ3n) is 2.97. The fourth-order valence-corrected chi connectivity index (χ4v) is 2.29. The van der Waals surface area contributed by atoms with Crippen molar-refractivity contribution < 1.29 is 14.6 Å². The molecular formula is C13H18BrNO3. The maximum Gasteiger partial charge on any atom is 0.226 e. The molecule has 0 spiro atoms. The Kier molecular flexibility index (Phi) is 5.16. The zero-order valence-electron chi connectivity index (χ0n) is 11.1. The van der Waals surface area contributed by atoms with Crippen molar-refractivity contribution in [1.29, 1.82) is 0 Å². The van der Waals surface area contributed by atoms with E-state index in [4.69, 9.17) is 9.84 Å². The van der Waals surface area contributed by atoms with Gasteiger partial charge in [0.25, 0.3) is 0 Å². The summed E-state index contributed by atoms with van der Waals surface area (Å²) in [7, 11) is 1.58. The third kappa shape index (κ3) is 2.84. The number of amides is 1. The highest BCUT2D eigenvalue weighted by Gasteiger charge is 2.18. The van der Waals surface area contributed by atoms with Crippen molar-refractivity contribution in [2.45, 2.75) is 27.2 Å². The van der Waals surface area contributed by atoms with Gasteiger partial charge < -0.3 is 15.2 Å². The number of carbonyl (C=O) groups is 1. The van der Waals surface area contributed by atoms with Gasteiger partial charge in [-0.25, -0.2) is 0 Å². The highest BCUT2D eigenvalue weighted by molar-refractivity contribution is 9.10. The number of hydrogen-bond acceptors (Lipinski definition) is 3. The van der Waals surface area contributed by atoms with Gasteiger partial charge in [0.15, 0.2) is 0 Å². The number of ether oxygens (including phenoxy) is 1. The summed E-state index contributed by atoms with van der Waals surface area (Å²) in [5, 5.41) is 11.5. The zero-order chi connectivity index (χ0) is 13.9. The molecular weight excluding hydrogens is 298 g/mol. The van der Waals surface area contributed by atoms with Crippen LogP contribution < -0.4 is 10.1 Å². The zero-order valence-corrected chi connectivity index (χ0v) is 12.6. The van der Waals surface area contributed by atoms with Crippen molar-refractivity contribution in [1.82, 2.24) is 0 Å². The maximum absolute atomic E-state index is 11.6. The topological polar surface area (TPSA) is 58.6 Å². The minimum atomic E-state index is -0.228. The van der Waals surface area contributed by atoms with E-state index in [0.29, 0.717) is 11.4 Å². The van der Waals surface area contributed by atoms with E-state index < -0.39 is 0 Å². The van der Waals surface area contributed by atoms with Crippen molar-refractivity contribution in [2.24, 2.45) is 0 Å². The standard InChI is InChI=1S/C13H18BrNO3/c1-7-8(2)13(18-4)12(9(3)11(7)14)15-10(17)5-6-16/h16H,5-6H2,1-4H3,(H,15,17). The van der Waals surface area contributed by atoms with Gasteiger partial charge in [-0.2, -0.15) is 0 Å². The summed E-state index contributed by atoms with van der Waals surface area (Å²) in [6, 6.07) is 0. The van der Waals surface area contributed by atoms with Crippen LogP contribution in [0.2, 0.25) is 0 Å². The number of hydrogen-bond donors (Lipinski definition) is 2. The first kappa shape index (κ1) is 15.0. The van der Waals surface area contributed by atoms with Crippen LogP contribution in [-0.2, 0) is 4.79 Å². The van der Waals surface area contributed by atoms with Crippen LogP contribution in [0.3, 0.4) is 0 Å². The number of rotatable bonds is 4. The number of methoxy groups -OCH3 is 1. The second-order valence-corrected chi connectivity index (χ2v) is 4.91. The van der Waals surface area contributed by atoms with Crippen LogP contribution in [0, 0.1) is 20.8 Å². The Morgan fingerprint density at radius 1 is 1.28 bits per heavy atom. The van der Waals surface area contributed by atoms with E-state index in [-0.39, 0.29) is 18.9 Å². The Morgan fingerprint density at radius 3 is 2.39 bits per heavy atom. The van der Waals surface area contributed by atoms with E-state index in [9.17, 15) is 4.79 Å². The Morgan fingerprint density at radius 2 is 1.89 bits per heavy atom. The van der Waals surface area contributed by atoms with Gasteiger partial charge in [0.2, 0.25) is 5.91 Å². The van der Waals surface area contributed by atoms with Crippen LogP contribution in [0.5, 0.6) is 5.75 Å². The van der Waals surface area contributed by atoms with Gasteiger partial charge in [0.1, 0.15) is 5.75 Å². The summed E-state index contributed by atoms with van der Waals surface area (Å²) < 4.78 is 6.33. The van der Waals surface area contributed by atoms with Crippen LogP contribution in [0.15, 0.2) is 4.47 Å². The number of nitrogens with one attached hydrogen (secondary N) is 1. The van der Waals surface area contributed by atoms with Gasteiger partial charge in [0, 0.05) is 4.47 Å². The second-order valence-electron chi connectivity index (χ2n) is 4.12. The minimum Gasteiger partial charge on any atom is -0.494 e. The Hall–Kier alpha value is -1.07. The average Bonchev–Trinajstić information content (AvgIpc) is 2.34. The minimum absolute atomic E-state index is 0.0765. The molecule has 100 valence electrons. The fraction of sp³-hybridized carbons (Fsp3) is 0.462. The molecule has 0 aliphatic heterocycles. The number of anilines is 1. The highest BCUT2D eigenvalue weighted by atomic mass is 79.9. The number of aliphatic hydroxyl groups excluding tert-OH is 1.